The number of benzene rings is 1. The summed E-state index contributed by atoms with van der Waals surface area (Å²) in [6.07, 6.45) is 2.16. The molecule has 0 aliphatic carbocycles. The molecule has 2 rings (SSSR count). The molecule has 1 saturated heterocycles. The van der Waals surface area contributed by atoms with E-state index in [9.17, 15) is 4.79 Å². The molecule has 1 fully saturated rings. The number of piperidine rings is 1. The maximum Gasteiger partial charge on any atom is 0.253 e. The van der Waals surface area contributed by atoms with Crippen molar-refractivity contribution in [1.29, 1.82) is 0 Å². The van der Waals surface area contributed by atoms with Crippen LogP contribution in [0.1, 0.15) is 37.0 Å². The molecule has 4 heteroatoms. The number of hydrogen-bond donors (Lipinski definition) is 1. The minimum Gasteiger partial charge on any atom is -0.492 e. The molecule has 1 aromatic carbocycles. The largest absolute Gasteiger partial charge is 0.492 e. The predicted octanol–water partition coefficient (Wildman–Crippen LogP) is 2.54. The van der Waals surface area contributed by atoms with Gasteiger partial charge >= 0.3 is 0 Å². The van der Waals surface area contributed by atoms with Gasteiger partial charge in [0.05, 0.1) is 12.3 Å². The average Bonchev–Trinajstić information content (AvgIpc) is 2.41. The fraction of sp³-hybridized carbons (Fsp3) is 0.533. The first-order valence-electron chi connectivity index (χ1n) is 6.93. The van der Waals surface area contributed by atoms with Gasteiger partial charge in [0.2, 0.25) is 0 Å². The molecule has 1 aromatic rings. The SMILES string of the molecule is CCOc1ccc(C(=O)N2CCC(C)CC2)cc1N. The standard InChI is InChI=1S/C15H22N2O2/c1-3-19-14-5-4-12(10-13(14)16)15(18)17-8-6-11(2)7-9-17/h4-5,10-11H,3,6-9,16H2,1-2H3. The first kappa shape index (κ1) is 13.7. The van der Waals surface area contributed by atoms with Crippen LogP contribution < -0.4 is 10.5 Å². The number of likely N-dealkylation sites (tertiary alicyclic amines) is 1. The molecule has 0 atom stereocenters. The van der Waals surface area contributed by atoms with Crippen LogP contribution in [0.15, 0.2) is 18.2 Å². The molecule has 0 spiro atoms. The number of carbonyl (C=O) groups is 1. The molecule has 1 amide bonds. The highest BCUT2D eigenvalue weighted by Gasteiger charge is 2.21. The number of nitrogen functional groups attached to an aromatic ring is 1. The quantitative estimate of drug-likeness (QED) is 0.852. The lowest BCUT2D eigenvalue weighted by molar-refractivity contribution is 0.0697. The van der Waals surface area contributed by atoms with Gasteiger partial charge in [0.1, 0.15) is 5.75 Å². The summed E-state index contributed by atoms with van der Waals surface area (Å²) in [7, 11) is 0. The normalized spacial score (nSPS) is 16.4. The van der Waals surface area contributed by atoms with E-state index in [0.717, 1.165) is 31.8 Å². The summed E-state index contributed by atoms with van der Waals surface area (Å²) < 4.78 is 5.38. The maximum atomic E-state index is 12.4. The zero-order valence-corrected chi connectivity index (χ0v) is 11.7. The van der Waals surface area contributed by atoms with Gasteiger partial charge in [-0.25, -0.2) is 0 Å². The lowest BCUT2D eigenvalue weighted by Gasteiger charge is -2.30. The van der Waals surface area contributed by atoms with Crippen molar-refractivity contribution >= 4 is 11.6 Å². The van der Waals surface area contributed by atoms with Crippen LogP contribution in [0.4, 0.5) is 5.69 Å². The molecule has 19 heavy (non-hydrogen) atoms. The number of nitrogens with two attached hydrogens (primary N) is 1. The molecular formula is C15H22N2O2. The van der Waals surface area contributed by atoms with E-state index >= 15 is 0 Å². The molecule has 0 saturated carbocycles. The van der Waals surface area contributed by atoms with Gasteiger partial charge in [-0.15, -0.1) is 0 Å². The van der Waals surface area contributed by atoms with Crippen molar-refractivity contribution < 1.29 is 9.53 Å². The Morgan fingerprint density at radius 2 is 2.11 bits per heavy atom. The van der Waals surface area contributed by atoms with Gasteiger partial charge in [0, 0.05) is 18.7 Å². The third kappa shape index (κ3) is 3.19. The van der Waals surface area contributed by atoms with E-state index in [0.29, 0.717) is 23.6 Å². The Labute approximate surface area is 114 Å². The minimum absolute atomic E-state index is 0.0710. The monoisotopic (exact) mass is 262 g/mol. The van der Waals surface area contributed by atoms with Crippen molar-refractivity contribution in [3.05, 3.63) is 23.8 Å². The highest BCUT2D eigenvalue weighted by atomic mass is 16.5. The van der Waals surface area contributed by atoms with Crippen LogP contribution in [0.5, 0.6) is 5.75 Å². The molecule has 1 aliphatic rings. The number of carbonyl (C=O) groups excluding carboxylic acids is 1. The van der Waals surface area contributed by atoms with E-state index in [1.165, 1.54) is 0 Å². The summed E-state index contributed by atoms with van der Waals surface area (Å²) >= 11 is 0. The van der Waals surface area contributed by atoms with Gasteiger partial charge in [0.15, 0.2) is 0 Å². The number of hydrogen-bond acceptors (Lipinski definition) is 3. The Morgan fingerprint density at radius 3 is 2.68 bits per heavy atom. The van der Waals surface area contributed by atoms with Crippen LogP contribution in [0.25, 0.3) is 0 Å². The number of amides is 1. The summed E-state index contributed by atoms with van der Waals surface area (Å²) in [4.78, 5) is 14.3. The van der Waals surface area contributed by atoms with Gasteiger partial charge in [0.25, 0.3) is 5.91 Å². The predicted molar refractivity (Wildman–Crippen MR) is 76.3 cm³/mol. The molecule has 0 bridgehead atoms. The number of nitrogens with zero attached hydrogens (tertiary/aromatic N) is 1. The third-order valence-corrected chi connectivity index (χ3v) is 3.63. The van der Waals surface area contributed by atoms with E-state index in [1.54, 1.807) is 18.2 Å². The van der Waals surface area contributed by atoms with Crippen LogP contribution in [0.2, 0.25) is 0 Å². The zero-order valence-electron chi connectivity index (χ0n) is 11.7. The van der Waals surface area contributed by atoms with Crippen LogP contribution in [-0.4, -0.2) is 30.5 Å². The third-order valence-electron chi connectivity index (χ3n) is 3.63. The second kappa shape index (κ2) is 5.95. The summed E-state index contributed by atoms with van der Waals surface area (Å²) in [6.45, 7) is 6.39. The molecule has 1 aliphatic heterocycles. The molecule has 4 nitrogen and oxygen atoms in total. The molecule has 0 aromatic heterocycles. The summed E-state index contributed by atoms with van der Waals surface area (Å²) in [5, 5.41) is 0. The molecule has 2 N–H and O–H groups in total. The van der Waals surface area contributed by atoms with E-state index in [4.69, 9.17) is 10.5 Å². The molecular weight excluding hydrogens is 240 g/mol. The van der Waals surface area contributed by atoms with Crippen molar-refractivity contribution in [2.45, 2.75) is 26.7 Å². The van der Waals surface area contributed by atoms with Crippen LogP contribution in [0, 0.1) is 5.92 Å². The number of rotatable bonds is 3. The Balaban J connectivity index is 2.09. The smallest absolute Gasteiger partial charge is 0.253 e. The number of anilines is 1. The van der Waals surface area contributed by atoms with Gasteiger partial charge in [-0.2, -0.15) is 0 Å². The fourth-order valence-electron chi connectivity index (χ4n) is 2.36. The summed E-state index contributed by atoms with van der Waals surface area (Å²) in [5.74, 6) is 1.43. The highest BCUT2D eigenvalue weighted by Crippen LogP contribution is 2.24. The van der Waals surface area contributed by atoms with Crippen molar-refractivity contribution in [2.75, 3.05) is 25.4 Å². The summed E-state index contributed by atoms with van der Waals surface area (Å²) in [5.41, 5.74) is 7.08. The van der Waals surface area contributed by atoms with E-state index in [-0.39, 0.29) is 5.91 Å². The van der Waals surface area contributed by atoms with Crippen LogP contribution in [-0.2, 0) is 0 Å². The van der Waals surface area contributed by atoms with Crippen molar-refractivity contribution in [3.63, 3.8) is 0 Å². The second-order valence-corrected chi connectivity index (χ2v) is 5.16. The Kier molecular flexibility index (Phi) is 4.30. The van der Waals surface area contributed by atoms with Gasteiger partial charge in [-0.1, -0.05) is 6.92 Å². The lowest BCUT2D eigenvalue weighted by Crippen LogP contribution is -2.37. The van der Waals surface area contributed by atoms with Crippen LogP contribution >= 0.6 is 0 Å². The summed E-state index contributed by atoms with van der Waals surface area (Å²) in [6, 6.07) is 5.28. The number of ether oxygens (including phenoxy) is 1. The lowest BCUT2D eigenvalue weighted by atomic mass is 9.98. The Bertz CT molecular complexity index is 451. The highest BCUT2D eigenvalue weighted by molar-refractivity contribution is 5.95. The molecule has 1 heterocycles. The fourth-order valence-corrected chi connectivity index (χ4v) is 2.36. The second-order valence-electron chi connectivity index (χ2n) is 5.16. The Morgan fingerprint density at radius 1 is 1.42 bits per heavy atom. The van der Waals surface area contributed by atoms with Gasteiger partial charge in [-0.05, 0) is 43.9 Å². The van der Waals surface area contributed by atoms with Crippen molar-refractivity contribution in [3.8, 4) is 5.75 Å². The zero-order chi connectivity index (χ0) is 13.8. The first-order valence-corrected chi connectivity index (χ1v) is 6.93. The van der Waals surface area contributed by atoms with E-state index < -0.39 is 0 Å². The molecule has 0 unspecified atom stereocenters. The minimum atomic E-state index is 0.0710. The maximum absolute atomic E-state index is 12.4. The van der Waals surface area contributed by atoms with E-state index in [2.05, 4.69) is 6.92 Å². The van der Waals surface area contributed by atoms with Crippen LogP contribution in [0.3, 0.4) is 0 Å². The average molecular weight is 262 g/mol. The molecule has 0 radical (unpaired) electrons. The topological polar surface area (TPSA) is 55.6 Å². The van der Waals surface area contributed by atoms with Gasteiger partial charge < -0.3 is 15.4 Å². The van der Waals surface area contributed by atoms with Crippen molar-refractivity contribution in [2.24, 2.45) is 5.92 Å². The van der Waals surface area contributed by atoms with Crippen molar-refractivity contribution in [1.82, 2.24) is 4.90 Å². The first-order chi connectivity index (χ1) is 9.11. The molecule has 104 valence electrons. The van der Waals surface area contributed by atoms with E-state index in [1.807, 2.05) is 11.8 Å². The van der Waals surface area contributed by atoms with Gasteiger partial charge in [-0.3, -0.25) is 4.79 Å². The Hall–Kier alpha value is -1.71.